The van der Waals surface area contributed by atoms with Crippen molar-refractivity contribution < 1.29 is 9.53 Å². The first-order valence-electron chi connectivity index (χ1n) is 4.15. The molecule has 0 bridgehead atoms. The molecule has 11 heavy (non-hydrogen) atoms. The van der Waals surface area contributed by atoms with Crippen molar-refractivity contribution in [1.29, 1.82) is 0 Å². The van der Waals surface area contributed by atoms with E-state index in [4.69, 9.17) is 4.74 Å². The van der Waals surface area contributed by atoms with Crippen molar-refractivity contribution in [2.24, 2.45) is 11.3 Å². The summed E-state index contributed by atoms with van der Waals surface area (Å²) in [6.07, 6.45) is 1.67. The van der Waals surface area contributed by atoms with E-state index in [1.807, 2.05) is 0 Å². The number of ether oxygens (including phenoxy) is 1. The highest BCUT2D eigenvalue weighted by atomic mass is 16.5. The van der Waals surface area contributed by atoms with Gasteiger partial charge in [0.25, 0.3) is 0 Å². The van der Waals surface area contributed by atoms with Crippen LogP contribution in [0.15, 0.2) is 0 Å². The Kier molecular flexibility index (Phi) is 2.21. The lowest BCUT2D eigenvalue weighted by atomic mass is 9.84. The molecule has 0 saturated carbocycles. The molecule has 1 rings (SSSR count). The Morgan fingerprint density at radius 2 is 2.18 bits per heavy atom. The van der Waals surface area contributed by atoms with Crippen molar-refractivity contribution in [2.45, 2.75) is 33.6 Å². The first-order valence-corrected chi connectivity index (χ1v) is 4.15. The summed E-state index contributed by atoms with van der Waals surface area (Å²) in [5.41, 5.74) is 0.172. The van der Waals surface area contributed by atoms with Crippen molar-refractivity contribution in [1.82, 2.24) is 0 Å². The van der Waals surface area contributed by atoms with Crippen molar-refractivity contribution >= 4 is 5.97 Å². The maximum Gasteiger partial charge on any atom is 0.306 e. The molecule has 0 N–H and O–H groups in total. The number of carbonyl (C=O) groups is 1. The van der Waals surface area contributed by atoms with E-state index in [9.17, 15) is 4.79 Å². The highest BCUT2D eigenvalue weighted by Crippen LogP contribution is 2.30. The Hall–Kier alpha value is -0.530. The number of esters is 1. The van der Waals surface area contributed by atoms with Gasteiger partial charge in [0, 0.05) is 6.42 Å². The molecule has 1 fully saturated rings. The Balaban J connectivity index is 2.60. The minimum atomic E-state index is -0.0388. The SMILES string of the molecule is CC1CC(=O)OCC(C)(C)C1. The summed E-state index contributed by atoms with van der Waals surface area (Å²) in [5, 5.41) is 0. The van der Waals surface area contributed by atoms with Crippen LogP contribution in [0.4, 0.5) is 0 Å². The molecule has 2 nitrogen and oxygen atoms in total. The third-order valence-corrected chi connectivity index (χ3v) is 2.04. The molecule has 0 aromatic rings. The van der Waals surface area contributed by atoms with E-state index in [0.717, 1.165) is 6.42 Å². The quantitative estimate of drug-likeness (QED) is 0.501. The number of carbonyl (C=O) groups excluding carboxylic acids is 1. The topological polar surface area (TPSA) is 26.3 Å². The van der Waals surface area contributed by atoms with Crippen LogP contribution in [0.5, 0.6) is 0 Å². The van der Waals surface area contributed by atoms with Gasteiger partial charge in [0.05, 0.1) is 6.61 Å². The summed E-state index contributed by atoms with van der Waals surface area (Å²) in [7, 11) is 0. The van der Waals surface area contributed by atoms with E-state index in [-0.39, 0.29) is 11.4 Å². The van der Waals surface area contributed by atoms with Crippen LogP contribution in [0.25, 0.3) is 0 Å². The lowest BCUT2D eigenvalue weighted by Crippen LogP contribution is -2.18. The van der Waals surface area contributed by atoms with Gasteiger partial charge < -0.3 is 4.74 Å². The monoisotopic (exact) mass is 156 g/mol. The maximum atomic E-state index is 11.0. The van der Waals surface area contributed by atoms with Crippen LogP contribution in [0.1, 0.15) is 33.6 Å². The van der Waals surface area contributed by atoms with Crippen molar-refractivity contribution in [3.63, 3.8) is 0 Å². The summed E-state index contributed by atoms with van der Waals surface area (Å²) < 4.78 is 5.05. The largest absolute Gasteiger partial charge is 0.465 e. The molecule has 1 saturated heterocycles. The van der Waals surface area contributed by atoms with Crippen LogP contribution in [0, 0.1) is 11.3 Å². The summed E-state index contributed by atoms with van der Waals surface area (Å²) in [6, 6.07) is 0. The fourth-order valence-corrected chi connectivity index (χ4v) is 1.69. The van der Waals surface area contributed by atoms with E-state index in [1.54, 1.807) is 0 Å². The van der Waals surface area contributed by atoms with Gasteiger partial charge in [-0.1, -0.05) is 20.8 Å². The van der Waals surface area contributed by atoms with Gasteiger partial charge in [-0.3, -0.25) is 4.79 Å². The van der Waals surface area contributed by atoms with Crippen LogP contribution in [-0.2, 0) is 9.53 Å². The van der Waals surface area contributed by atoms with Gasteiger partial charge in [-0.15, -0.1) is 0 Å². The zero-order valence-electron chi connectivity index (χ0n) is 7.52. The maximum absolute atomic E-state index is 11.0. The molecular formula is C9H16O2. The number of hydrogen-bond donors (Lipinski definition) is 0. The van der Waals surface area contributed by atoms with Gasteiger partial charge in [-0.25, -0.2) is 0 Å². The average Bonchev–Trinajstić information content (AvgIpc) is 1.90. The summed E-state index contributed by atoms with van der Waals surface area (Å²) in [4.78, 5) is 11.0. The molecule has 1 heterocycles. The molecule has 0 aliphatic carbocycles. The molecule has 0 aromatic carbocycles. The molecular weight excluding hydrogens is 140 g/mol. The highest BCUT2D eigenvalue weighted by molar-refractivity contribution is 5.69. The first-order chi connectivity index (χ1) is 4.99. The van der Waals surface area contributed by atoms with E-state index in [2.05, 4.69) is 20.8 Å². The Morgan fingerprint density at radius 1 is 1.55 bits per heavy atom. The highest BCUT2D eigenvalue weighted by Gasteiger charge is 2.28. The standard InChI is InChI=1S/C9H16O2/c1-7-4-8(10)11-6-9(2,3)5-7/h7H,4-6H2,1-3H3. The van der Waals surface area contributed by atoms with Gasteiger partial charge >= 0.3 is 5.97 Å². The molecule has 1 aliphatic heterocycles. The predicted molar refractivity (Wildman–Crippen MR) is 43.1 cm³/mol. The number of hydrogen-bond acceptors (Lipinski definition) is 2. The predicted octanol–water partition coefficient (Wildman–Crippen LogP) is 1.99. The van der Waals surface area contributed by atoms with Crippen molar-refractivity contribution in [2.75, 3.05) is 6.61 Å². The van der Waals surface area contributed by atoms with Crippen molar-refractivity contribution in [3.05, 3.63) is 0 Å². The fraction of sp³-hybridized carbons (Fsp3) is 0.889. The van der Waals surface area contributed by atoms with Gasteiger partial charge in [-0.05, 0) is 17.8 Å². The molecule has 1 aliphatic rings. The first kappa shape index (κ1) is 8.57. The lowest BCUT2D eigenvalue weighted by Gasteiger charge is -2.22. The van der Waals surface area contributed by atoms with Gasteiger partial charge in [-0.2, -0.15) is 0 Å². The molecule has 0 radical (unpaired) electrons. The van der Waals surface area contributed by atoms with Crippen LogP contribution >= 0.6 is 0 Å². The van der Waals surface area contributed by atoms with Crippen LogP contribution in [-0.4, -0.2) is 12.6 Å². The molecule has 0 amide bonds. The fourth-order valence-electron chi connectivity index (χ4n) is 1.69. The Morgan fingerprint density at radius 3 is 2.82 bits per heavy atom. The van der Waals surface area contributed by atoms with E-state index < -0.39 is 0 Å². The van der Waals surface area contributed by atoms with Crippen molar-refractivity contribution in [3.8, 4) is 0 Å². The van der Waals surface area contributed by atoms with Gasteiger partial charge in [0.1, 0.15) is 0 Å². The molecule has 0 spiro atoms. The second kappa shape index (κ2) is 2.84. The third-order valence-electron chi connectivity index (χ3n) is 2.04. The summed E-state index contributed by atoms with van der Waals surface area (Å²) in [6.45, 7) is 6.97. The zero-order valence-corrected chi connectivity index (χ0v) is 7.52. The summed E-state index contributed by atoms with van der Waals surface area (Å²) >= 11 is 0. The van der Waals surface area contributed by atoms with Crippen LogP contribution in [0.3, 0.4) is 0 Å². The van der Waals surface area contributed by atoms with E-state index in [0.29, 0.717) is 18.9 Å². The minimum absolute atomic E-state index is 0.0388. The lowest BCUT2D eigenvalue weighted by molar-refractivity contribution is -0.145. The third kappa shape index (κ3) is 2.52. The van der Waals surface area contributed by atoms with Crippen LogP contribution in [0.2, 0.25) is 0 Å². The summed E-state index contributed by atoms with van der Waals surface area (Å²) in [5.74, 6) is 0.433. The number of cyclic esters (lactones) is 1. The molecule has 2 heteroatoms. The van der Waals surface area contributed by atoms with Crippen LogP contribution < -0.4 is 0 Å². The average molecular weight is 156 g/mol. The minimum Gasteiger partial charge on any atom is -0.465 e. The molecule has 1 unspecified atom stereocenters. The zero-order chi connectivity index (χ0) is 8.48. The smallest absolute Gasteiger partial charge is 0.306 e. The number of rotatable bonds is 0. The second-order valence-corrected chi connectivity index (χ2v) is 4.34. The van der Waals surface area contributed by atoms with Gasteiger partial charge in [0.15, 0.2) is 0 Å². The molecule has 64 valence electrons. The van der Waals surface area contributed by atoms with E-state index in [1.165, 1.54) is 0 Å². The second-order valence-electron chi connectivity index (χ2n) is 4.34. The Bertz CT molecular complexity index is 161. The van der Waals surface area contributed by atoms with Gasteiger partial charge in [0.2, 0.25) is 0 Å². The molecule has 1 atom stereocenters. The Labute approximate surface area is 67.9 Å². The van der Waals surface area contributed by atoms with E-state index >= 15 is 0 Å². The molecule has 0 aromatic heterocycles. The normalized spacial score (nSPS) is 30.8.